The van der Waals surface area contributed by atoms with Gasteiger partial charge in [0.15, 0.2) is 0 Å². The van der Waals surface area contributed by atoms with Crippen LogP contribution in [-0.4, -0.2) is 44.7 Å². The Kier molecular flexibility index (Phi) is 5.20. The smallest absolute Gasteiger partial charge is 0.410 e. The van der Waals surface area contributed by atoms with Gasteiger partial charge in [-0.25, -0.2) is 4.79 Å². The number of amides is 1. The van der Waals surface area contributed by atoms with Gasteiger partial charge < -0.3 is 9.47 Å². The van der Waals surface area contributed by atoms with Gasteiger partial charge in [0, 0.05) is 24.9 Å². The molecule has 4 rings (SSSR count). The number of hydrogen-bond donors (Lipinski definition) is 0. The Morgan fingerprint density at radius 2 is 2.25 bits per heavy atom. The molecule has 0 bridgehead atoms. The van der Waals surface area contributed by atoms with Gasteiger partial charge in [0.05, 0.1) is 21.7 Å². The van der Waals surface area contributed by atoms with E-state index >= 15 is 0 Å². The summed E-state index contributed by atoms with van der Waals surface area (Å²) < 4.78 is 15.0. The van der Waals surface area contributed by atoms with E-state index < -0.39 is 5.60 Å². The van der Waals surface area contributed by atoms with Crippen LogP contribution in [0, 0.1) is 2.88 Å². The fourth-order valence-corrected chi connectivity index (χ4v) is 6.18. The van der Waals surface area contributed by atoms with Crippen molar-refractivity contribution in [1.82, 2.24) is 19.9 Å². The van der Waals surface area contributed by atoms with Crippen LogP contribution < -0.4 is 0 Å². The number of carbonyl (C=O) groups is 1. The van der Waals surface area contributed by atoms with Gasteiger partial charge in [-0.2, -0.15) is 0 Å². The average Bonchev–Trinajstić information content (AvgIpc) is 3.19. The van der Waals surface area contributed by atoms with Crippen molar-refractivity contribution in [3.8, 4) is 0 Å². The topological polar surface area (TPSA) is 69.5 Å². The number of rotatable bonds is 1. The van der Waals surface area contributed by atoms with Crippen molar-refractivity contribution in [3.05, 3.63) is 31.3 Å². The summed E-state index contributed by atoms with van der Waals surface area (Å²) in [6.07, 6.45) is 3.93. The zero-order valence-corrected chi connectivity index (χ0v) is 19.5. The Bertz CT molecular complexity index is 890. The molecule has 0 saturated carbocycles. The molecule has 2 aliphatic heterocycles. The quantitative estimate of drug-likeness (QED) is 0.536. The molecule has 7 nitrogen and oxygen atoms in total. The Labute approximate surface area is 182 Å². The summed E-state index contributed by atoms with van der Waals surface area (Å²) in [5.41, 5.74) is 1.23. The lowest BCUT2D eigenvalue weighted by molar-refractivity contribution is -0.112. The maximum Gasteiger partial charge on any atom is 0.410 e. The van der Waals surface area contributed by atoms with Crippen LogP contribution in [0.3, 0.4) is 0 Å². The van der Waals surface area contributed by atoms with Gasteiger partial charge in [0.1, 0.15) is 16.9 Å². The van der Waals surface area contributed by atoms with Gasteiger partial charge in [0.2, 0.25) is 0 Å². The maximum absolute atomic E-state index is 12.9. The van der Waals surface area contributed by atoms with E-state index in [2.05, 4.69) is 39.0 Å². The van der Waals surface area contributed by atoms with Crippen LogP contribution >= 0.6 is 33.9 Å². The molecular weight excluding hydrogens is 491 g/mol. The fourth-order valence-electron chi connectivity index (χ4n) is 4.03. The number of halogens is 1. The fraction of sp³-hybridized carbons (Fsp3) is 0.632. The molecule has 2 aliphatic rings. The van der Waals surface area contributed by atoms with Crippen molar-refractivity contribution < 1.29 is 14.3 Å². The Morgan fingerprint density at radius 3 is 2.93 bits per heavy atom. The number of aryl methyl sites for hydroxylation is 1. The normalized spacial score (nSPS) is 25.0. The van der Waals surface area contributed by atoms with Crippen molar-refractivity contribution in [2.24, 2.45) is 7.05 Å². The van der Waals surface area contributed by atoms with Crippen molar-refractivity contribution >= 4 is 40.0 Å². The molecule has 0 aromatic carbocycles. The summed E-state index contributed by atoms with van der Waals surface area (Å²) >= 11 is 4.19. The van der Waals surface area contributed by atoms with Crippen molar-refractivity contribution in [3.63, 3.8) is 0 Å². The highest BCUT2D eigenvalue weighted by atomic mass is 127. The zero-order chi connectivity index (χ0) is 20.1. The second kappa shape index (κ2) is 7.24. The van der Waals surface area contributed by atoms with Crippen LogP contribution in [0.25, 0.3) is 0 Å². The third-order valence-electron chi connectivity index (χ3n) is 5.19. The predicted octanol–water partition coefficient (Wildman–Crippen LogP) is 4.02. The molecule has 9 heteroatoms. The third kappa shape index (κ3) is 3.80. The van der Waals surface area contributed by atoms with Crippen LogP contribution in [0.5, 0.6) is 0 Å². The lowest BCUT2D eigenvalue weighted by Crippen LogP contribution is -2.50. The number of carbonyl (C=O) groups excluding carboxylic acids is 1. The minimum atomic E-state index is -0.544. The third-order valence-corrected chi connectivity index (χ3v) is 7.31. The SMILES string of the molecule is Cn1cc([C@@H]2C[C@]3(CCN2C(=O)OC(C)(C)C)OCCc2cc(I)sc23)nn1. The first-order chi connectivity index (χ1) is 13.2. The zero-order valence-electron chi connectivity index (χ0n) is 16.6. The van der Waals surface area contributed by atoms with Crippen molar-refractivity contribution in [1.29, 1.82) is 0 Å². The van der Waals surface area contributed by atoms with E-state index in [1.165, 1.54) is 13.3 Å². The number of fused-ring (bicyclic) bond motifs is 2. The number of piperidine rings is 1. The molecule has 2 atom stereocenters. The molecule has 4 heterocycles. The Morgan fingerprint density at radius 1 is 1.46 bits per heavy atom. The van der Waals surface area contributed by atoms with E-state index in [9.17, 15) is 4.79 Å². The summed E-state index contributed by atoms with van der Waals surface area (Å²) in [5, 5.41) is 8.41. The molecule has 0 unspecified atom stereocenters. The standard InChI is InChI=1S/C19H25IN4O3S/c1-18(2,3)27-17(25)24-7-6-19(10-14(24)13-11-23(4)22-21-13)16-12(5-8-26-19)9-15(20)28-16/h9,11,14H,5-8,10H2,1-4H3/t14-,19-/m0/s1. The molecule has 1 fully saturated rings. The second-order valence-corrected chi connectivity index (χ2v) is 11.4. The van der Waals surface area contributed by atoms with E-state index in [1.807, 2.05) is 34.0 Å². The van der Waals surface area contributed by atoms with E-state index in [0.29, 0.717) is 19.6 Å². The van der Waals surface area contributed by atoms with Crippen LogP contribution in [0.2, 0.25) is 0 Å². The van der Waals surface area contributed by atoms with E-state index in [0.717, 1.165) is 18.5 Å². The molecule has 1 spiro atoms. The first-order valence-corrected chi connectivity index (χ1v) is 11.3. The molecule has 1 amide bonds. The molecule has 2 aromatic heterocycles. The highest BCUT2D eigenvalue weighted by molar-refractivity contribution is 14.1. The lowest BCUT2D eigenvalue weighted by atomic mass is 9.81. The maximum atomic E-state index is 12.9. The minimum absolute atomic E-state index is 0.233. The number of aromatic nitrogens is 3. The molecule has 2 aromatic rings. The highest BCUT2D eigenvalue weighted by Gasteiger charge is 2.49. The van der Waals surface area contributed by atoms with Crippen LogP contribution in [0.1, 0.15) is 55.8 Å². The minimum Gasteiger partial charge on any atom is -0.444 e. The van der Waals surface area contributed by atoms with E-state index in [-0.39, 0.29) is 17.7 Å². The largest absolute Gasteiger partial charge is 0.444 e. The first-order valence-electron chi connectivity index (χ1n) is 9.45. The number of likely N-dealkylation sites (tertiary alicyclic amines) is 1. The number of hydrogen-bond acceptors (Lipinski definition) is 6. The van der Waals surface area contributed by atoms with Crippen LogP contribution in [-0.2, 0) is 28.5 Å². The van der Waals surface area contributed by atoms with Gasteiger partial charge in [-0.05, 0) is 67.8 Å². The van der Waals surface area contributed by atoms with Gasteiger partial charge >= 0.3 is 6.09 Å². The van der Waals surface area contributed by atoms with Crippen LogP contribution in [0.4, 0.5) is 4.79 Å². The van der Waals surface area contributed by atoms with Crippen molar-refractivity contribution in [2.75, 3.05) is 13.2 Å². The predicted molar refractivity (Wildman–Crippen MR) is 114 cm³/mol. The highest BCUT2D eigenvalue weighted by Crippen LogP contribution is 2.50. The molecular formula is C19H25IN4O3S. The molecule has 0 N–H and O–H groups in total. The molecule has 1 saturated heterocycles. The van der Waals surface area contributed by atoms with Crippen molar-refractivity contribution in [2.45, 2.75) is 57.3 Å². The van der Waals surface area contributed by atoms with Gasteiger partial charge in [0.25, 0.3) is 0 Å². The van der Waals surface area contributed by atoms with E-state index in [1.54, 1.807) is 20.9 Å². The Hall–Kier alpha value is -1.20. The summed E-state index contributed by atoms with van der Waals surface area (Å²) in [6.45, 7) is 6.93. The second-order valence-electron chi connectivity index (χ2n) is 8.46. The van der Waals surface area contributed by atoms with Gasteiger partial charge in [-0.1, -0.05) is 5.21 Å². The van der Waals surface area contributed by atoms with Gasteiger partial charge in [-0.3, -0.25) is 9.58 Å². The molecule has 0 aliphatic carbocycles. The number of thiophene rings is 1. The summed E-state index contributed by atoms with van der Waals surface area (Å²) in [5.74, 6) is 0. The Balaban J connectivity index is 1.69. The average molecular weight is 516 g/mol. The van der Waals surface area contributed by atoms with E-state index in [4.69, 9.17) is 9.47 Å². The summed E-state index contributed by atoms with van der Waals surface area (Å²) in [7, 11) is 1.84. The summed E-state index contributed by atoms with van der Waals surface area (Å²) in [6, 6.07) is 2.03. The van der Waals surface area contributed by atoms with Gasteiger partial charge in [-0.15, -0.1) is 16.4 Å². The lowest BCUT2D eigenvalue weighted by Gasteiger charge is -2.47. The molecule has 152 valence electrons. The number of nitrogens with zero attached hydrogens (tertiary/aromatic N) is 4. The molecule has 0 radical (unpaired) electrons. The monoisotopic (exact) mass is 516 g/mol. The van der Waals surface area contributed by atoms with Crippen LogP contribution in [0.15, 0.2) is 12.3 Å². The number of ether oxygens (including phenoxy) is 2. The first kappa shape index (κ1) is 20.1. The molecule has 28 heavy (non-hydrogen) atoms. The summed E-state index contributed by atoms with van der Waals surface area (Å²) in [4.78, 5) is 16.0.